The summed E-state index contributed by atoms with van der Waals surface area (Å²) in [5.41, 5.74) is 6.52. The number of para-hydroxylation sites is 1. The maximum Gasteiger partial charge on any atom is 0.0995 e. The van der Waals surface area contributed by atoms with Crippen LogP contribution in [0.25, 0.3) is 0 Å². The molecule has 0 saturated heterocycles. The van der Waals surface area contributed by atoms with Gasteiger partial charge < -0.3 is 5.32 Å². The average Bonchev–Trinajstić information content (AvgIpc) is 2.91. The zero-order valence-corrected chi connectivity index (χ0v) is 21.0. The second-order valence-corrected chi connectivity index (χ2v) is 13.5. The van der Waals surface area contributed by atoms with E-state index in [0.29, 0.717) is 0 Å². The smallest absolute Gasteiger partial charge is 0.0995 e. The standard InChI is InChI=1S/C33H31NSi/c1-5-13-28(14-6-1)25-35(26-29-15-7-2-8-16-29,27-30-17-9-3-10-18-30)33-23-21-32(22-24-33)34-31-19-11-4-12-20-31/h1-24,34H,25-27H2. The molecule has 0 unspecified atom stereocenters. The van der Waals surface area contributed by atoms with Crippen LogP contribution in [0.4, 0.5) is 11.4 Å². The van der Waals surface area contributed by atoms with E-state index in [0.717, 1.165) is 29.5 Å². The van der Waals surface area contributed by atoms with E-state index in [1.54, 1.807) is 0 Å². The molecule has 0 aliphatic rings. The van der Waals surface area contributed by atoms with Gasteiger partial charge in [-0.3, -0.25) is 0 Å². The minimum atomic E-state index is -2.04. The molecule has 5 aromatic rings. The zero-order chi connectivity index (χ0) is 23.8. The first-order chi connectivity index (χ1) is 17.3. The van der Waals surface area contributed by atoms with Crippen LogP contribution >= 0.6 is 0 Å². The predicted molar refractivity (Wildman–Crippen MR) is 152 cm³/mol. The SMILES string of the molecule is c1ccc(C[Si](Cc2ccccc2)(Cc2ccccc2)c2ccc(Nc3ccccc3)cc2)cc1. The van der Waals surface area contributed by atoms with Gasteiger partial charge in [-0.15, -0.1) is 0 Å². The van der Waals surface area contributed by atoms with Crippen molar-refractivity contribution >= 4 is 24.6 Å². The van der Waals surface area contributed by atoms with Crippen molar-refractivity contribution in [3.8, 4) is 0 Å². The van der Waals surface area contributed by atoms with E-state index in [4.69, 9.17) is 0 Å². The highest BCUT2D eigenvalue weighted by atomic mass is 28.3. The van der Waals surface area contributed by atoms with E-state index in [2.05, 4.69) is 145 Å². The van der Waals surface area contributed by atoms with Gasteiger partial charge in [-0.1, -0.05) is 143 Å². The number of rotatable bonds is 9. The quantitative estimate of drug-likeness (QED) is 0.221. The van der Waals surface area contributed by atoms with Crippen molar-refractivity contribution in [2.24, 2.45) is 0 Å². The lowest BCUT2D eigenvalue weighted by Gasteiger charge is -2.33. The summed E-state index contributed by atoms with van der Waals surface area (Å²) in [6.45, 7) is 0. The Kier molecular flexibility index (Phi) is 7.21. The van der Waals surface area contributed by atoms with Gasteiger partial charge in [-0.25, -0.2) is 0 Å². The number of anilines is 2. The summed E-state index contributed by atoms with van der Waals surface area (Å²) >= 11 is 0. The second-order valence-electron chi connectivity index (χ2n) is 9.34. The van der Waals surface area contributed by atoms with Gasteiger partial charge in [-0.05, 0) is 42.4 Å². The molecule has 35 heavy (non-hydrogen) atoms. The van der Waals surface area contributed by atoms with Gasteiger partial charge in [0.1, 0.15) is 0 Å². The molecule has 0 amide bonds. The van der Waals surface area contributed by atoms with Crippen molar-refractivity contribution in [1.29, 1.82) is 0 Å². The Bertz CT molecular complexity index is 1200. The van der Waals surface area contributed by atoms with Crippen molar-refractivity contribution in [3.63, 3.8) is 0 Å². The summed E-state index contributed by atoms with van der Waals surface area (Å²) in [6.07, 6.45) is 0. The summed E-state index contributed by atoms with van der Waals surface area (Å²) < 4.78 is 0. The number of hydrogen-bond donors (Lipinski definition) is 1. The van der Waals surface area contributed by atoms with Gasteiger partial charge in [0.2, 0.25) is 0 Å². The van der Waals surface area contributed by atoms with Crippen LogP contribution in [-0.4, -0.2) is 8.07 Å². The summed E-state index contributed by atoms with van der Waals surface area (Å²) in [7, 11) is -2.04. The molecular formula is C33H31NSi. The fourth-order valence-electron chi connectivity index (χ4n) is 5.05. The molecule has 0 aromatic heterocycles. The van der Waals surface area contributed by atoms with Crippen LogP contribution in [0.15, 0.2) is 146 Å². The Labute approximate surface area is 210 Å². The van der Waals surface area contributed by atoms with Crippen LogP contribution in [0.5, 0.6) is 0 Å². The zero-order valence-electron chi connectivity index (χ0n) is 20.0. The number of benzene rings is 5. The normalized spacial score (nSPS) is 11.2. The largest absolute Gasteiger partial charge is 0.356 e. The van der Waals surface area contributed by atoms with Gasteiger partial charge in [0.15, 0.2) is 0 Å². The Morgan fingerprint density at radius 1 is 0.371 bits per heavy atom. The highest BCUT2D eigenvalue weighted by molar-refractivity contribution is 6.90. The minimum Gasteiger partial charge on any atom is -0.356 e. The van der Waals surface area contributed by atoms with Gasteiger partial charge in [0, 0.05) is 11.4 Å². The van der Waals surface area contributed by atoms with Crippen LogP contribution in [-0.2, 0) is 18.1 Å². The highest BCUT2D eigenvalue weighted by Crippen LogP contribution is 2.24. The molecule has 0 atom stereocenters. The van der Waals surface area contributed by atoms with E-state index in [1.165, 1.54) is 21.9 Å². The third kappa shape index (κ3) is 5.98. The molecule has 1 nitrogen and oxygen atoms in total. The third-order valence-electron chi connectivity index (χ3n) is 6.72. The molecule has 0 spiro atoms. The molecule has 0 aliphatic heterocycles. The fourth-order valence-corrected chi connectivity index (χ4v) is 9.96. The lowest BCUT2D eigenvalue weighted by atomic mass is 10.2. The Morgan fingerprint density at radius 3 is 1.11 bits per heavy atom. The molecule has 0 bridgehead atoms. The van der Waals surface area contributed by atoms with Crippen molar-refractivity contribution in [2.75, 3.05) is 5.32 Å². The van der Waals surface area contributed by atoms with Crippen LogP contribution in [0.1, 0.15) is 16.7 Å². The Hall–Kier alpha value is -3.88. The molecule has 0 aliphatic carbocycles. The topological polar surface area (TPSA) is 12.0 Å². The summed E-state index contributed by atoms with van der Waals surface area (Å²) in [4.78, 5) is 0. The fraction of sp³-hybridized carbons (Fsp3) is 0.0909. The van der Waals surface area contributed by atoms with Crippen molar-refractivity contribution in [3.05, 3.63) is 162 Å². The molecule has 172 valence electrons. The minimum absolute atomic E-state index is 1.11. The van der Waals surface area contributed by atoms with Gasteiger partial charge in [0.25, 0.3) is 0 Å². The maximum absolute atomic E-state index is 3.55. The highest BCUT2D eigenvalue weighted by Gasteiger charge is 2.36. The maximum atomic E-state index is 3.55. The van der Waals surface area contributed by atoms with Crippen molar-refractivity contribution in [2.45, 2.75) is 18.1 Å². The lowest BCUT2D eigenvalue weighted by molar-refractivity contribution is 1.15. The van der Waals surface area contributed by atoms with Crippen LogP contribution in [0.3, 0.4) is 0 Å². The first kappa shape index (κ1) is 22.9. The second kappa shape index (κ2) is 11.0. The third-order valence-corrected chi connectivity index (χ3v) is 11.5. The van der Waals surface area contributed by atoms with Crippen LogP contribution < -0.4 is 10.5 Å². The van der Waals surface area contributed by atoms with Crippen molar-refractivity contribution < 1.29 is 0 Å². The number of hydrogen-bond acceptors (Lipinski definition) is 1. The monoisotopic (exact) mass is 469 g/mol. The molecule has 2 heteroatoms. The molecule has 5 rings (SSSR count). The molecule has 1 N–H and O–H groups in total. The van der Waals surface area contributed by atoms with Gasteiger partial charge in [-0.2, -0.15) is 0 Å². The summed E-state index contributed by atoms with van der Waals surface area (Å²) in [5, 5.41) is 5.05. The molecule has 0 saturated carbocycles. The summed E-state index contributed by atoms with van der Waals surface area (Å²) in [5.74, 6) is 0. The van der Waals surface area contributed by atoms with Gasteiger partial charge >= 0.3 is 0 Å². The molecule has 0 heterocycles. The van der Waals surface area contributed by atoms with Gasteiger partial charge in [0.05, 0.1) is 8.07 Å². The molecule has 0 fully saturated rings. The first-order valence-electron chi connectivity index (χ1n) is 12.3. The first-order valence-corrected chi connectivity index (χ1v) is 15.0. The predicted octanol–water partition coefficient (Wildman–Crippen LogP) is 7.43. The average molecular weight is 470 g/mol. The molecular weight excluding hydrogens is 438 g/mol. The molecule has 0 radical (unpaired) electrons. The van der Waals surface area contributed by atoms with Crippen LogP contribution in [0, 0.1) is 0 Å². The van der Waals surface area contributed by atoms with E-state index in [1.807, 2.05) is 6.07 Å². The Balaban J connectivity index is 1.56. The molecule has 5 aromatic carbocycles. The van der Waals surface area contributed by atoms with E-state index >= 15 is 0 Å². The Morgan fingerprint density at radius 2 is 0.714 bits per heavy atom. The summed E-state index contributed by atoms with van der Waals surface area (Å²) in [6, 6.07) is 56.2. The van der Waals surface area contributed by atoms with Crippen LogP contribution in [0.2, 0.25) is 0 Å². The number of nitrogens with one attached hydrogen (secondary N) is 1. The lowest BCUT2D eigenvalue weighted by Crippen LogP contribution is -2.55. The van der Waals surface area contributed by atoms with E-state index in [9.17, 15) is 0 Å². The van der Waals surface area contributed by atoms with E-state index in [-0.39, 0.29) is 0 Å². The van der Waals surface area contributed by atoms with Crippen molar-refractivity contribution in [1.82, 2.24) is 0 Å². The van der Waals surface area contributed by atoms with E-state index < -0.39 is 8.07 Å².